The summed E-state index contributed by atoms with van der Waals surface area (Å²) in [6.07, 6.45) is 2.04. The Kier molecular flexibility index (Phi) is 3.51. The molecule has 7 heteroatoms. The smallest absolute Gasteiger partial charge is 0.243 e. The number of hydrogen-bond acceptors (Lipinski definition) is 3. The maximum Gasteiger partial charge on any atom is 0.243 e. The van der Waals surface area contributed by atoms with Crippen molar-refractivity contribution in [2.75, 3.05) is 19.6 Å². The second-order valence-electron chi connectivity index (χ2n) is 5.36. The van der Waals surface area contributed by atoms with Gasteiger partial charge in [-0.05, 0) is 43.5 Å². The number of rotatable bonds is 2. The molecule has 0 aliphatic carbocycles. The molecule has 20 heavy (non-hydrogen) atoms. The summed E-state index contributed by atoms with van der Waals surface area (Å²) in [5.41, 5.74) is 0. The Bertz CT molecular complexity index is 607. The maximum absolute atomic E-state index is 13.2. The summed E-state index contributed by atoms with van der Waals surface area (Å²) in [6.45, 7) is 1.74. The van der Waals surface area contributed by atoms with Crippen LogP contribution in [0.15, 0.2) is 23.1 Å². The van der Waals surface area contributed by atoms with E-state index >= 15 is 0 Å². The normalized spacial score (nSPS) is 27.5. The lowest BCUT2D eigenvalue weighted by molar-refractivity contribution is 0.339. The fraction of sp³-hybridized carbons (Fsp3) is 0.538. The van der Waals surface area contributed by atoms with E-state index in [1.54, 1.807) is 0 Å². The van der Waals surface area contributed by atoms with Crippen LogP contribution in [0.5, 0.6) is 0 Å². The number of sulfonamides is 1. The third-order valence-corrected chi connectivity index (χ3v) is 5.92. The molecule has 0 amide bonds. The van der Waals surface area contributed by atoms with E-state index in [1.165, 1.54) is 4.31 Å². The molecule has 0 saturated carbocycles. The third kappa shape index (κ3) is 2.34. The van der Waals surface area contributed by atoms with Gasteiger partial charge in [-0.3, -0.25) is 0 Å². The van der Waals surface area contributed by atoms with Gasteiger partial charge < -0.3 is 5.32 Å². The predicted octanol–water partition coefficient (Wildman–Crippen LogP) is 1.34. The molecule has 0 bridgehead atoms. The monoisotopic (exact) mass is 302 g/mol. The van der Waals surface area contributed by atoms with Crippen molar-refractivity contribution in [3.63, 3.8) is 0 Å². The molecule has 1 aromatic rings. The number of halogens is 2. The zero-order valence-electron chi connectivity index (χ0n) is 10.9. The number of fused-ring (bicyclic) bond motifs is 1. The lowest BCUT2D eigenvalue weighted by Crippen LogP contribution is -2.41. The van der Waals surface area contributed by atoms with E-state index in [9.17, 15) is 17.2 Å². The van der Waals surface area contributed by atoms with Crippen LogP contribution in [0.4, 0.5) is 8.78 Å². The Morgan fingerprint density at radius 2 is 2.00 bits per heavy atom. The van der Waals surface area contributed by atoms with Gasteiger partial charge in [0.2, 0.25) is 10.0 Å². The van der Waals surface area contributed by atoms with Gasteiger partial charge in [0.15, 0.2) is 11.6 Å². The molecule has 1 aromatic carbocycles. The van der Waals surface area contributed by atoms with Crippen molar-refractivity contribution < 1.29 is 17.2 Å². The quantitative estimate of drug-likeness (QED) is 0.897. The van der Waals surface area contributed by atoms with Crippen LogP contribution >= 0.6 is 0 Å². The molecule has 2 unspecified atom stereocenters. The minimum Gasteiger partial charge on any atom is -0.312 e. The molecule has 2 aliphatic heterocycles. The number of benzene rings is 1. The molecule has 0 spiro atoms. The van der Waals surface area contributed by atoms with Crippen LogP contribution in [-0.2, 0) is 10.0 Å². The van der Waals surface area contributed by atoms with Crippen molar-refractivity contribution in [3.05, 3.63) is 29.8 Å². The minimum atomic E-state index is -3.75. The Morgan fingerprint density at radius 1 is 1.20 bits per heavy atom. The zero-order chi connectivity index (χ0) is 14.3. The molecule has 110 valence electrons. The number of nitrogens with one attached hydrogen (secondary N) is 1. The zero-order valence-corrected chi connectivity index (χ0v) is 11.7. The lowest BCUT2D eigenvalue weighted by Gasteiger charge is -2.24. The summed E-state index contributed by atoms with van der Waals surface area (Å²) in [5.74, 6) is -1.87. The van der Waals surface area contributed by atoms with Gasteiger partial charge in [-0.1, -0.05) is 0 Å². The average molecular weight is 302 g/mol. The van der Waals surface area contributed by atoms with Crippen LogP contribution < -0.4 is 5.32 Å². The van der Waals surface area contributed by atoms with Crippen LogP contribution in [-0.4, -0.2) is 38.4 Å². The molecule has 0 aromatic heterocycles. The standard InChI is InChI=1S/C13H16F2N2O2S/c14-11-4-3-10(6-12(11)15)20(18,19)17-7-9-2-1-5-16-13(9)8-17/h3-4,6,9,13,16H,1-2,5,7-8H2. The highest BCUT2D eigenvalue weighted by atomic mass is 32.2. The molecule has 0 radical (unpaired) electrons. The van der Waals surface area contributed by atoms with Crippen molar-refractivity contribution in [1.82, 2.24) is 9.62 Å². The molecular weight excluding hydrogens is 286 g/mol. The van der Waals surface area contributed by atoms with E-state index in [2.05, 4.69) is 5.32 Å². The van der Waals surface area contributed by atoms with Crippen molar-refractivity contribution in [2.45, 2.75) is 23.8 Å². The van der Waals surface area contributed by atoms with Crippen molar-refractivity contribution in [3.8, 4) is 0 Å². The molecule has 3 rings (SSSR count). The molecule has 1 N–H and O–H groups in total. The van der Waals surface area contributed by atoms with Crippen LogP contribution in [0, 0.1) is 17.6 Å². The molecule has 2 aliphatic rings. The lowest BCUT2D eigenvalue weighted by atomic mass is 9.94. The SMILES string of the molecule is O=S(=O)(c1ccc(F)c(F)c1)N1CC2CCCNC2C1. The van der Waals surface area contributed by atoms with Gasteiger partial charge in [-0.2, -0.15) is 4.31 Å². The second kappa shape index (κ2) is 5.05. The minimum absolute atomic E-state index is 0.170. The fourth-order valence-electron chi connectivity index (χ4n) is 2.99. The number of piperidine rings is 1. The van der Waals surface area contributed by atoms with E-state index < -0.39 is 21.7 Å². The number of hydrogen-bond donors (Lipinski definition) is 1. The first-order valence-electron chi connectivity index (χ1n) is 6.67. The second-order valence-corrected chi connectivity index (χ2v) is 7.30. The molecular formula is C13H16F2N2O2S. The first-order chi connectivity index (χ1) is 9.48. The summed E-state index contributed by atoms with van der Waals surface area (Å²) in [7, 11) is -3.75. The first-order valence-corrected chi connectivity index (χ1v) is 8.11. The molecule has 2 fully saturated rings. The van der Waals surface area contributed by atoms with Gasteiger partial charge in [0.1, 0.15) is 0 Å². The fourth-order valence-corrected chi connectivity index (χ4v) is 4.52. The predicted molar refractivity (Wildman–Crippen MR) is 69.6 cm³/mol. The number of nitrogens with zero attached hydrogens (tertiary/aromatic N) is 1. The average Bonchev–Trinajstić information content (AvgIpc) is 2.86. The Morgan fingerprint density at radius 3 is 2.70 bits per heavy atom. The summed E-state index contributed by atoms with van der Waals surface area (Å²) in [6, 6.07) is 2.89. The summed E-state index contributed by atoms with van der Waals surface area (Å²) in [4.78, 5) is -0.185. The van der Waals surface area contributed by atoms with Gasteiger partial charge >= 0.3 is 0 Å². The van der Waals surface area contributed by atoms with E-state index in [0.29, 0.717) is 19.0 Å². The van der Waals surface area contributed by atoms with E-state index in [0.717, 1.165) is 37.6 Å². The topological polar surface area (TPSA) is 49.4 Å². The molecule has 2 heterocycles. The molecule has 2 saturated heterocycles. The van der Waals surface area contributed by atoms with Gasteiger partial charge in [0, 0.05) is 19.1 Å². The van der Waals surface area contributed by atoms with Crippen LogP contribution in [0.1, 0.15) is 12.8 Å². The van der Waals surface area contributed by atoms with Crippen LogP contribution in [0.2, 0.25) is 0 Å². The maximum atomic E-state index is 13.2. The highest BCUT2D eigenvalue weighted by Gasteiger charge is 2.40. The van der Waals surface area contributed by atoms with E-state index in [-0.39, 0.29) is 10.9 Å². The van der Waals surface area contributed by atoms with Gasteiger partial charge in [0.25, 0.3) is 0 Å². The highest BCUT2D eigenvalue weighted by molar-refractivity contribution is 7.89. The Labute approximate surface area is 116 Å². The highest BCUT2D eigenvalue weighted by Crippen LogP contribution is 2.29. The van der Waals surface area contributed by atoms with Gasteiger partial charge in [0.05, 0.1) is 4.90 Å². The van der Waals surface area contributed by atoms with Gasteiger partial charge in [-0.25, -0.2) is 17.2 Å². The molecule has 4 nitrogen and oxygen atoms in total. The van der Waals surface area contributed by atoms with Crippen LogP contribution in [0.3, 0.4) is 0 Å². The van der Waals surface area contributed by atoms with Crippen molar-refractivity contribution >= 4 is 10.0 Å². The first kappa shape index (κ1) is 13.9. The Hall–Kier alpha value is -1.05. The van der Waals surface area contributed by atoms with Gasteiger partial charge in [-0.15, -0.1) is 0 Å². The van der Waals surface area contributed by atoms with Crippen molar-refractivity contribution in [2.24, 2.45) is 5.92 Å². The summed E-state index contributed by atoms with van der Waals surface area (Å²) < 4.78 is 52.4. The van der Waals surface area contributed by atoms with E-state index in [4.69, 9.17) is 0 Å². The van der Waals surface area contributed by atoms with Crippen LogP contribution in [0.25, 0.3) is 0 Å². The van der Waals surface area contributed by atoms with E-state index in [1.807, 2.05) is 0 Å². The third-order valence-electron chi connectivity index (χ3n) is 4.09. The largest absolute Gasteiger partial charge is 0.312 e. The summed E-state index contributed by atoms with van der Waals surface area (Å²) >= 11 is 0. The Balaban J connectivity index is 1.86. The van der Waals surface area contributed by atoms with Crippen molar-refractivity contribution in [1.29, 1.82) is 0 Å². The molecule has 2 atom stereocenters. The summed E-state index contributed by atoms with van der Waals surface area (Å²) in [5, 5.41) is 3.31.